The van der Waals surface area contributed by atoms with Gasteiger partial charge in [-0.25, -0.2) is 4.98 Å². The first-order valence-electron chi connectivity index (χ1n) is 21.4. The Labute approximate surface area is 380 Å². The Kier molecular flexibility index (Phi) is 11.1. The molecule has 0 saturated heterocycles. The van der Waals surface area contributed by atoms with Gasteiger partial charge in [0.25, 0.3) is 0 Å². The van der Waals surface area contributed by atoms with Crippen LogP contribution in [0.2, 0.25) is 0 Å². The Morgan fingerprint density at radius 3 is 1.94 bits per heavy atom. The molecule has 62 heavy (non-hydrogen) atoms. The zero-order valence-corrected chi connectivity index (χ0v) is 38.3. The summed E-state index contributed by atoms with van der Waals surface area (Å²) in [5, 5.41) is 2.30. The molecule has 0 radical (unpaired) electrons. The summed E-state index contributed by atoms with van der Waals surface area (Å²) in [5.41, 5.74) is 17.1. The molecule has 10 rings (SSSR count). The summed E-state index contributed by atoms with van der Waals surface area (Å²) in [6.07, 6.45) is 1.97. The van der Waals surface area contributed by atoms with Gasteiger partial charge in [0.05, 0.1) is 18.0 Å². The van der Waals surface area contributed by atoms with Gasteiger partial charge in [-0.05, 0) is 107 Å². The number of hydrogen-bond acceptors (Lipinski definition) is 4. The van der Waals surface area contributed by atoms with Gasteiger partial charge in [-0.3, -0.25) is 0 Å². The standard InChI is InChI=1S/C56H49N5.Pt/c1-37(2)46-24-16-25-47(38(3)4)55(46)41-31-32-57-54(33-41)61-50-26-11-10-23-48(50)49-30-29-45(35-53(49)61)60(56-39(5)17-14-18-40(56)6)44-22-15-21-43(34-44)59-36-58(42-19-8-7-9-20-42)51-27-12-13-28-52(51)59;/h7-33,37-38H,36H2,1-6H3;/q-2;+2. The van der Waals surface area contributed by atoms with Crippen LogP contribution in [0.5, 0.6) is 0 Å². The molecule has 1 aliphatic heterocycles. The number of nitrogens with zero attached hydrogens (tertiary/aromatic N) is 5. The average molecular weight is 987 g/mol. The number of fused-ring (bicyclic) bond motifs is 4. The van der Waals surface area contributed by atoms with Gasteiger partial charge in [0.2, 0.25) is 0 Å². The molecule has 1 aliphatic rings. The molecular weight excluding hydrogens is 938 g/mol. The van der Waals surface area contributed by atoms with Crippen molar-refractivity contribution in [3.63, 3.8) is 0 Å². The first-order valence-corrected chi connectivity index (χ1v) is 21.4. The number of benzene rings is 7. The summed E-state index contributed by atoms with van der Waals surface area (Å²) in [7, 11) is 0. The quantitative estimate of drug-likeness (QED) is 0.135. The molecule has 0 saturated carbocycles. The molecule has 0 N–H and O–H groups in total. The third-order valence-corrected chi connectivity index (χ3v) is 12.2. The van der Waals surface area contributed by atoms with Crippen LogP contribution >= 0.6 is 0 Å². The molecule has 6 heteroatoms. The predicted molar refractivity (Wildman–Crippen MR) is 256 cm³/mol. The molecule has 0 aliphatic carbocycles. The Balaban J connectivity index is 0.00000490. The van der Waals surface area contributed by atoms with Crippen LogP contribution in [0.25, 0.3) is 38.8 Å². The number of hydrogen-bond donors (Lipinski definition) is 0. The second-order valence-corrected chi connectivity index (χ2v) is 16.8. The topological polar surface area (TPSA) is 27.5 Å². The Hall–Kier alpha value is -6.42. The molecule has 0 atom stereocenters. The minimum atomic E-state index is 0. The zero-order chi connectivity index (χ0) is 41.8. The van der Waals surface area contributed by atoms with E-state index in [9.17, 15) is 0 Å². The Morgan fingerprint density at radius 2 is 1.21 bits per heavy atom. The van der Waals surface area contributed by atoms with E-state index in [0.29, 0.717) is 18.5 Å². The molecule has 0 amide bonds. The molecule has 9 aromatic rings. The summed E-state index contributed by atoms with van der Waals surface area (Å²) in [5.74, 6) is 1.63. The maximum Gasteiger partial charge on any atom is 2.00 e. The van der Waals surface area contributed by atoms with Crippen LogP contribution in [-0.4, -0.2) is 16.2 Å². The summed E-state index contributed by atoms with van der Waals surface area (Å²) >= 11 is 0. The first kappa shape index (κ1) is 41.0. The number of rotatable bonds is 9. The van der Waals surface area contributed by atoms with Gasteiger partial charge in [-0.2, -0.15) is 12.1 Å². The number of aromatic nitrogens is 2. The Morgan fingerprint density at radius 1 is 0.581 bits per heavy atom. The van der Waals surface area contributed by atoms with Crippen LogP contribution in [-0.2, 0) is 21.1 Å². The predicted octanol–water partition coefficient (Wildman–Crippen LogP) is 15.0. The van der Waals surface area contributed by atoms with Gasteiger partial charge >= 0.3 is 21.1 Å². The largest absolute Gasteiger partial charge is 2.00 e. The number of aryl methyl sites for hydroxylation is 2. The molecule has 0 unspecified atom stereocenters. The van der Waals surface area contributed by atoms with Crippen LogP contribution < -0.4 is 14.7 Å². The van der Waals surface area contributed by atoms with E-state index in [-0.39, 0.29) is 21.1 Å². The normalized spacial score (nSPS) is 12.4. The fourth-order valence-corrected chi connectivity index (χ4v) is 9.34. The van der Waals surface area contributed by atoms with Gasteiger partial charge in [0.15, 0.2) is 0 Å². The third-order valence-electron chi connectivity index (χ3n) is 12.2. The van der Waals surface area contributed by atoms with Crippen LogP contribution in [0.3, 0.4) is 0 Å². The van der Waals surface area contributed by atoms with E-state index in [2.05, 4.69) is 231 Å². The van der Waals surface area contributed by atoms with Crippen LogP contribution in [0.4, 0.5) is 39.8 Å². The van der Waals surface area contributed by atoms with Gasteiger partial charge in [0, 0.05) is 23.1 Å². The van der Waals surface area contributed by atoms with Crippen molar-refractivity contribution in [1.82, 2.24) is 9.55 Å². The van der Waals surface area contributed by atoms with Crippen LogP contribution in [0, 0.1) is 26.0 Å². The first-order chi connectivity index (χ1) is 29.8. The summed E-state index contributed by atoms with van der Waals surface area (Å²) < 4.78 is 2.30. The van der Waals surface area contributed by atoms with Crippen molar-refractivity contribution in [2.45, 2.75) is 53.4 Å². The van der Waals surface area contributed by atoms with Crippen molar-refractivity contribution in [1.29, 1.82) is 0 Å². The summed E-state index contributed by atoms with van der Waals surface area (Å²) in [6, 6.07) is 64.5. The second kappa shape index (κ2) is 16.8. The average Bonchev–Trinajstić information content (AvgIpc) is 3.84. The maximum atomic E-state index is 5.09. The van der Waals surface area contributed by atoms with Crippen LogP contribution in [0.1, 0.15) is 61.8 Å². The number of para-hydroxylation sites is 5. The smallest absolute Gasteiger partial charge is 0.358 e. The van der Waals surface area contributed by atoms with Crippen molar-refractivity contribution < 1.29 is 21.1 Å². The second-order valence-electron chi connectivity index (χ2n) is 16.8. The third kappa shape index (κ3) is 7.09. The molecule has 7 aromatic carbocycles. The van der Waals surface area contributed by atoms with Crippen molar-refractivity contribution >= 4 is 61.6 Å². The zero-order valence-electron chi connectivity index (χ0n) is 36.0. The summed E-state index contributed by atoms with van der Waals surface area (Å²) in [6.45, 7) is 14.2. The van der Waals surface area contributed by atoms with Gasteiger partial charge < -0.3 is 19.3 Å². The van der Waals surface area contributed by atoms with E-state index in [4.69, 9.17) is 4.98 Å². The molecule has 0 bridgehead atoms. The van der Waals surface area contributed by atoms with Gasteiger partial charge in [-0.1, -0.05) is 135 Å². The van der Waals surface area contributed by atoms with E-state index < -0.39 is 0 Å². The number of anilines is 7. The van der Waals surface area contributed by atoms with E-state index in [1.807, 2.05) is 6.20 Å². The fourth-order valence-electron chi connectivity index (χ4n) is 9.34. The van der Waals surface area contributed by atoms with E-state index >= 15 is 0 Å². The molecule has 5 nitrogen and oxygen atoms in total. The molecule has 0 spiro atoms. The minimum absolute atomic E-state index is 0. The van der Waals surface area contributed by atoms with Crippen molar-refractivity contribution in [3.05, 3.63) is 198 Å². The van der Waals surface area contributed by atoms with E-state index in [1.54, 1.807) is 0 Å². The van der Waals surface area contributed by atoms with Gasteiger partial charge in [-0.15, -0.1) is 35.7 Å². The molecule has 0 fully saturated rings. The molecule has 2 aromatic heterocycles. The number of pyridine rings is 1. The minimum Gasteiger partial charge on any atom is -0.358 e. The van der Waals surface area contributed by atoms with E-state index in [1.165, 1.54) is 44.5 Å². The molecule has 308 valence electrons. The monoisotopic (exact) mass is 986 g/mol. The van der Waals surface area contributed by atoms with Crippen LogP contribution in [0.15, 0.2) is 164 Å². The van der Waals surface area contributed by atoms with Crippen molar-refractivity contribution in [2.75, 3.05) is 21.4 Å². The van der Waals surface area contributed by atoms with E-state index in [0.717, 1.165) is 56.4 Å². The SMILES string of the molecule is Cc1cccc(C)c1N(c1[c-]c(N2CN(c3ccccc3)c3ccccc32)ccc1)c1[c-]c2c(cc1)c1ccccc1n2-c1cc(-c2c(C(C)C)cccc2C(C)C)ccn1.[Pt+2]. The molecular formula is C56H49N5Pt. The molecule has 3 heterocycles. The fraction of sp³-hybridized carbons (Fsp3) is 0.161. The van der Waals surface area contributed by atoms with Gasteiger partial charge in [0.1, 0.15) is 5.82 Å². The maximum absolute atomic E-state index is 5.09. The Bertz CT molecular complexity index is 3030. The van der Waals surface area contributed by atoms with Crippen molar-refractivity contribution in [2.24, 2.45) is 0 Å². The van der Waals surface area contributed by atoms with Crippen molar-refractivity contribution in [3.8, 4) is 16.9 Å². The summed E-state index contributed by atoms with van der Waals surface area (Å²) in [4.78, 5) is 12.2.